The van der Waals surface area contributed by atoms with E-state index in [0.717, 1.165) is 16.4 Å². The van der Waals surface area contributed by atoms with Crippen LogP contribution in [0.15, 0.2) is 60.0 Å². The van der Waals surface area contributed by atoms with Crippen LogP contribution in [0.2, 0.25) is 0 Å². The zero-order chi connectivity index (χ0) is 19.7. The molecule has 1 aliphatic rings. The third kappa shape index (κ3) is 3.66. The molecule has 7 heteroatoms. The minimum absolute atomic E-state index is 0.00579. The number of ether oxygens (including phenoxy) is 1. The van der Waals surface area contributed by atoms with Gasteiger partial charge in [0.1, 0.15) is 5.75 Å². The van der Waals surface area contributed by atoms with Crippen molar-refractivity contribution in [3.8, 4) is 11.4 Å². The number of hydrogen-bond donors (Lipinski definition) is 1. The van der Waals surface area contributed by atoms with Crippen molar-refractivity contribution in [2.45, 2.75) is 24.3 Å². The first kappa shape index (κ1) is 18.3. The van der Waals surface area contributed by atoms with Gasteiger partial charge in [0.05, 0.1) is 10.9 Å². The number of ketones is 1. The molecule has 1 atom stereocenters. The van der Waals surface area contributed by atoms with Gasteiger partial charge in [0.25, 0.3) is 5.91 Å². The molecule has 0 unspecified atom stereocenters. The predicted molar refractivity (Wildman–Crippen MR) is 109 cm³/mol. The summed E-state index contributed by atoms with van der Waals surface area (Å²) < 4.78 is 7.32. The molecule has 1 aromatic heterocycles. The van der Waals surface area contributed by atoms with Crippen molar-refractivity contribution >= 4 is 29.1 Å². The first-order valence-electron chi connectivity index (χ1n) is 8.89. The maximum Gasteiger partial charge on any atom is 0.262 e. The lowest BCUT2D eigenvalue weighted by atomic mass is 10.1. The van der Waals surface area contributed by atoms with E-state index in [0.29, 0.717) is 17.0 Å². The summed E-state index contributed by atoms with van der Waals surface area (Å²) in [5.41, 5.74) is 3.22. The quantitative estimate of drug-likeness (QED) is 0.526. The number of hydrogen-bond acceptors (Lipinski definition) is 5. The van der Waals surface area contributed by atoms with Gasteiger partial charge in [0, 0.05) is 23.6 Å². The van der Waals surface area contributed by atoms with Gasteiger partial charge in [-0.05, 0) is 49.7 Å². The number of aromatic nitrogens is 2. The minimum Gasteiger partial charge on any atom is -0.482 e. The second-order valence-electron chi connectivity index (χ2n) is 6.59. The highest BCUT2D eigenvalue weighted by atomic mass is 32.2. The minimum atomic E-state index is -0.343. The summed E-state index contributed by atoms with van der Waals surface area (Å²) in [4.78, 5) is 28.9. The Morgan fingerprint density at radius 3 is 2.96 bits per heavy atom. The van der Waals surface area contributed by atoms with Gasteiger partial charge in [-0.1, -0.05) is 23.9 Å². The Morgan fingerprint density at radius 2 is 2.14 bits per heavy atom. The molecular formula is C21H19N3O3S. The standard InChI is InChI=1S/C21H19N3O3S/c1-13-4-3-5-16(10-13)24-9-8-22-21(24)28-14(2)20(26)15-6-7-18-17(11-15)23-19(25)12-27-18/h3-11,14H,12H2,1-2H3,(H,23,25)/t14-/m1/s1. The largest absolute Gasteiger partial charge is 0.482 e. The molecule has 3 aromatic rings. The van der Waals surface area contributed by atoms with Crippen molar-refractivity contribution in [2.75, 3.05) is 11.9 Å². The first-order chi connectivity index (χ1) is 13.5. The van der Waals surface area contributed by atoms with Crippen molar-refractivity contribution in [2.24, 2.45) is 0 Å². The number of carbonyl (C=O) groups is 2. The summed E-state index contributed by atoms with van der Waals surface area (Å²) in [5, 5.41) is 3.14. The van der Waals surface area contributed by atoms with Crippen LogP contribution in [-0.4, -0.2) is 33.1 Å². The molecule has 28 heavy (non-hydrogen) atoms. The fourth-order valence-corrected chi connectivity index (χ4v) is 3.99. The van der Waals surface area contributed by atoms with Gasteiger partial charge in [0.15, 0.2) is 17.5 Å². The van der Waals surface area contributed by atoms with Gasteiger partial charge in [-0.25, -0.2) is 4.98 Å². The molecule has 0 saturated carbocycles. The number of Topliss-reactive ketones (excluding diaryl/α,β-unsaturated/α-hetero) is 1. The topological polar surface area (TPSA) is 73.2 Å². The second-order valence-corrected chi connectivity index (χ2v) is 7.90. The first-order valence-corrected chi connectivity index (χ1v) is 9.77. The van der Waals surface area contributed by atoms with E-state index in [-0.39, 0.29) is 23.5 Å². The number of rotatable bonds is 5. The summed E-state index contributed by atoms with van der Waals surface area (Å²) in [6, 6.07) is 13.2. The summed E-state index contributed by atoms with van der Waals surface area (Å²) in [6.07, 6.45) is 3.62. The Kier molecular flexibility index (Phi) is 4.92. The van der Waals surface area contributed by atoms with E-state index in [1.165, 1.54) is 11.8 Å². The normalized spacial score (nSPS) is 14.0. The molecule has 4 rings (SSSR count). The van der Waals surface area contributed by atoms with Gasteiger partial charge < -0.3 is 10.1 Å². The highest BCUT2D eigenvalue weighted by molar-refractivity contribution is 8.00. The lowest BCUT2D eigenvalue weighted by Crippen LogP contribution is -2.25. The average Bonchev–Trinajstić information content (AvgIpc) is 3.15. The fourth-order valence-electron chi connectivity index (χ4n) is 3.03. The van der Waals surface area contributed by atoms with Gasteiger partial charge in [0.2, 0.25) is 0 Å². The Labute approximate surface area is 166 Å². The van der Waals surface area contributed by atoms with Gasteiger partial charge in [-0.2, -0.15) is 0 Å². The maximum absolute atomic E-state index is 12.9. The molecule has 0 bridgehead atoms. The van der Waals surface area contributed by atoms with Crippen LogP contribution in [0.3, 0.4) is 0 Å². The molecule has 2 aromatic carbocycles. The van der Waals surface area contributed by atoms with Crippen LogP contribution in [0.1, 0.15) is 22.8 Å². The number of imidazole rings is 1. The van der Waals surface area contributed by atoms with Crippen LogP contribution in [0.5, 0.6) is 5.75 Å². The van der Waals surface area contributed by atoms with Gasteiger partial charge in [-0.3, -0.25) is 14.2 Å². The van der Waals surface area contributed by atoms with Crippen LogP contribution in [0, 0.1) is 6.92 Å². The molecule has 0 radical (unpaired) electrons. The van der Waals surface area contributed by atoms with E-state index in [2.05, 4.69) is 16.4 Å². The second kappa shape index (κ2) is 7.52. The molecule has 0 aliphatic carbocycles. The number of carbonyl (C=O) groups excluding carboxylic acids is 2. The number of nitrogens with zero attached hydrogens (tertiary/aromatic N) is 2. The van der Waals surface area contributed by atoms with E-state index in [9.17, 15) is 9.59 Å². The number of thioether (sulfide) groups is 1. The number of anilines is 1. The SMILES string of the molecule is Cc1cccc(-n2ccnc2S[C@H](C)C(=O)c2ccc3c(c2)NC(=O)CO3)c1. The van der Waals surface area contributed by atoms with E-state index in [1.54, 1.807) is 24.4 Å². The van der Waals surface area contributed by atoms with Crippen molar-refractivity contribution in [3.63, 3.8) is 0 Å². The van der Waals surface area contributed by atoms with Gasteiger partial charge in [-0.15, -0.1) is 0 Å². The molecule has 142 valence electrons. The fraction of sp³-hybridized carbons (Fsp3) is 0.190. The molecule has 1 aliphatic heterocycles. The molecular weight excluding hydrogens is 374 g/mol. The number of aryl methyl sites for hydroxylation is 1. The predicted octanol–water partition coefficient (Wildman–Crippen LogP) is 3.88. The summed E-state index contributed by atoms with van der Waals surface area (Å²) in [7, 11) is 0. The molecule has 0 fully saturated rings. The molecule has 0 spiro atoms. The Bertz CT molecular complexity index is 1060. The average molecular weight is 393 g/mol. The Hall–Kier alpha value is -3.06. The van der Waals surface area contributed by atoms with E-state index < -0.39 is 0 Å². The molecule has 1 amide bonds. The summed E-state index contributed by atoms with van der Waals surface area (Å²) in [6.45, 7) is 3.89. The smallest absolute Gasteiger partial charge is 0.262 e. The zero-order valence-corrected chi connectivity index (χ0v) is 16.3. The lowest BCUT2D eigenvalue weighted by molar-refractivity contribution is -0.118. The van der Waals surface area contributed by atoms with E-state index >= 15 is 0 Å². The van der Waals surface area contributed by atoms with E-state index in [4.69, 9.17) is 4.74 Å². The van der Waals surface area contributed by atoms with Gasteiger partial charge >= 0.3 is 0 Å². The molecule has 6 nitrogen and oxygen atoms in total. The summed E-state index contributed by atoms with van der Waals surface area (Å²) in [5.74, 6) is 0.317. The van der Waals surface area contributed by atoms with Crippen molar-refractivity contribution < 1.29 is 14.3 Å². The maximum atomic E-state index is 12.9. The molecule has 1 N–H and O–H groups in total. The Balaban J connectivity index is 1.54. The Morgan fingerprint density at radius 1 is 1.29 bits per heavy atom. The van der Waals surface area contributed by atoms with Crippen molar-refractivity contribution in [3.05, 3.63) is 66.0 Å². The van der Waals surface area contributed by atoms with Crippen molar-refractivity contribution in [1.29, 1.82) is 0 Å². The molecule has 0 saturated heterocycles. The highest BCUT2D eigenvalue weighted by Crippen LogP contribution is 2.31. The number of nitrogens with one attached hydrogen (secondary N) is 1. The van der Waals surface area contributed by atoms with Crippen LogP contribution < -0.4 is 10.1 Å². The number of amides is 1. The third-order valence-electron chi connectivity index (χ3n) is 4.43. The third-order valence-corrected chi connectivity index (χ3v) is 5.52. The van der Waals surface area contributed by atoms with Crippen LogP contribution in [0.25, 0.3) is 5.69 Å². The lowest BCUT2D eigenvalue weighted by Gasteiger charge is -2.19. The van der Waals surface area contributed by atoms with Crippen LogP contribution >= 0.6 is 11.8 Å². The van der Waals surface area contributed by atoms with Crippen LogP contribution in [-0.2, 0) is 4.79 Å². The van der Waals surface area contributed by atoms with Crippen molar-refractivity contribution in [1.82, 2.24) is 9.55 Å². The van der Waals surface area contributed by atoms with Crippen LogP contribution in [0.4, 0.5) is 5.69 Å². The molecule has 2 heterocycles. The number of fused-ring (bicyclic) bond motifs is 1. The van der Waals surface area contributed by atoms with E-state index in [1.807, 2.05) is 42.8 Å². The number of benzene rings is 2. The highest BCUT2D eigenvalue weighted by Gasteiger charge is 2.22. The monoisotopic (exact) mass is 393 g/mol. The summed E-state index contributed by atoms with van der Waals surface area (Å²) >= 11 is 1.40. The zero-order valence-electron chi connectivity index (χ0n) is 15.5.